The number of aryl methyl sites for hydroxylation is 2. The van der Waals surface area contributed by atoms with Gasteiger partial charge < -0.3 is 9.64 Å². The molecule has 2 aromatic rings. The Morgan fingerprint density at radius 3 is 2.88 bits per heavy atom. The number of ether oxygens (including phenoxy) is 1. The van der Waals surface area contributed by atoms with Crippen LogP contribution >= 0.6 is 22.9 Å². The van der Waals surface area contributed by atoms with Crippen molar-refractivity contribution in [3.63, 3.8) is 0 Å². The standard InChI is InChI=1S/C19H24ClN3O2S/c1-3-12-25-19(24)23-10-8-14(9-11-23)18-13(2)16(21-22-18)6-4-15-5-7-17(20)26-15/h3,5,7,14H,1,4,6,8-12H2,2H3,(H,21,22). The Morgan fingerprint density at radius 1 is 1.46 bits per heavy atom. The van der Waals surface area contributed by atoms with Gasteiger partial charge in [-0.15, -0.1) is 11.3 Å². The largest absolute Gasteiger partial charge is 0.445 e. The summed E-state index contributed by atoms with van der Waals surface area (Å²) >= 11 is 7.63. The predicted molar refractivity (Wildman–Crippen MR) is 105 cm³/mol. The van der Waals surface area contributed by atoms with Crippen molar-refractivity contribution < 1.29 is 9.53 Å². The van der Waals surface area contributed by atoms with E-state index >= 15 is 0 Å². The second kappa shape index (κ2) is 8.73. The molecule has 1 amide bonds. The maximum atomic E-state index is 11.9. The number of aromatic amines is 1. The number of H-pyrrole nitrogens is 1. The SMILES string of the molecule is C=CCOC(=O)N1CCC(c2n[nH]c(CCc3ccc(Cl)s3)c2C)CC1. The van der Waals surface area contributed by atoms with Crippen LogP contribution in [0.4, 0.5) is 4.79 Å². The molecule has 140 valence electrons. The zero-order valence-corrected chi connectivity index (χ0v) is 16.5. The Balaban J connectivity index is 1.55. The normalized spacial score (nSPS) is 15.2. The minimum Gasteiger partial charge on any atom is -0.445 e. The zero-order valence-electron chi connectivity index (χ0n) is 15.0. The number of likely N-dealkylation sites (tertiary alicyclic amines) is 1. The van der Waals surface area contributed by atoms with Gasteiger partial charge >= 0.3 is 6.09 Å². The molecule has 5 nitrogen and oxygen atoms in total. The fraction of sp³-hybridized carbons (Fsp3) is 0.474. The van der Waals surface area contributed by atoms with Crippen molar-refractivity contribution in [2.24, 2.45) is 0 Å². The van der Waals surface area contributed by atoms with E-state index in [0.29, 0.717) is 19.0 Å². The van der Waals surface area contributed by atoms with Crippen LogP contribution in [0.15, 0.2) is 24.8 Å². The van der Waals surface area contributed by atoms with Gasteiger partial charge in [0.1, 0.15) is 6.61 Å². The molecule has 0 aliphatic carbocycles. The first-order chi connectivity index (χ1) is 12.6. The quantitative estimate of drug-likeness (QED) is 0.722. The van der Waals surface area contributed by atoms with E-state index in [1.807, 2.05) is 6.07 Å². The van der Waals surface area contributed by atoms with E-state index in [1.165, 1.54) is 16.1 Å². The molecule has 1 aliphatic heterocycles. The lowest BCUT2D eigenvalue weighted by atomic mass is 9.91. The number of hydrogen-bond acceptors (Lipinski definition) is 4. The summed E-state index contributed by atoms with van der Waals surface area (Å²) in [4.78, 5) is 15.0. The highest BCUT2D eigenvalue weighted by Gasteiger charge is 2.27. The molecule has 1 saturated heterocycles. The Labute approximate surface area is 163 Å². The lowest BCUT2D eigenvalue weighted by Crippen LogP contribution is -2.38. The molecule has 0 saturated carbocycles. The Hall–Kier alpha value is -1.79. The molecular formula is C19H24ClN3O2S. The molecule has 0 spiro atoms. The number of nitrogens with one attached hydrogen (secondary N) is 1. The van der Waals surface area contributed by atoms with E-state index in [1.54, 1.807) is 22.3 Å². The Morgan fingerprint density at radius 2 is 2.23 bits per heavy atom. The summed E-state index contributed by atoms with van der Waals surface area (Å²) in [6.07, 6.45) is 5.06. The van der Waals surface area contributed by atoms with Gasteiger partial charge in [-0.05, 0) is 50.3 Å². The molecule has 3 heterocycles. The average molecular weight is 394 g/mol. The third-order valence-electron chi connectivity index (χ3n) is 4.86. The van der Waals surface area contributed by atoms with E-state index in [4.69, 9.17) is 16.3 Å². The molecule has 7 heteroatoms. The monoisotopic (exact) mass is 393 g/mol. The van der Waals surface area contributed by atoms with Gasteiger partial charge in [0.15, 0.2) is 0 Å². The van der Waals surface area contributed by atoms with Crippen molar-refractivity contribution in [3.8, 4) is 0 Å². The van der Waals surface area contributed by atoms with E-state index in [0.717, 1.165) is 35.7 Å². The molecule has 26 heavy (non-hydrogen) atoms. The van der Waals surface area contributed by atoms with Crippen LogP contribution < -0.4 is 0 Å². The molecule has 0 atom stereocenters. The first-order valence-corrected chi connectivity index (χ1v) is 10.1. The van der Waals surface area contributed by atoms with Gasteiger partial charge in [0, 0.05) is 29.6 Å². The molecule has 0 radical (unpaired) electrons. The lowest BCUT2D eigenvalue weighted by Gasteiger charge is -2.30. The van der Waals surface area contributed by atoms with Crippen LogP contribution in [0.5, 0.6) is 0 Å². The van der Waals surface area contributed by atoms with E-state index in [-0.39, 0.29) is 12.7 Å². The lowest BCUT2D eigenvalue weighted by molar-refractivity contribution is 0.102. The van der Waals surface area contributed by atoms with Gasteiger partial charge in [-0.25, -0.2) is 4.79 Å². The summed E-state index contributed by atoms with van der Waals surface area (Å²) in [5.41, 5.74) is 3.58. The van der Waals surface area contributed by atoms with Crippen LogP contribution in [0.1, 0.15) is 40.6 Å². The van der Waals surface area contributed by atoms with Crippen LogP contribution in [0, 0.1) is 6.92 Å². The van der Waals surface area contributed by atoms with Crippen LogP contribution in [0.25, 0.3) is 0 Å². The molecule has 1 N–H and O–H groups in total. The van der Waals surface area contributed by atoms with Gasteiger partial charge in [0.05, 0.1) is 10.0 Å². The summed E-state index contributed by atoms with van der Waals surface area (Å²) < 4.78 is 5.95. The van der Waals surface area contributed by atoms with Crippen molar-refractivity contribution in [2.45, 2.75) is 38.5 Å². The molecule has 0 aromatic carbocycles. The van der Waals surface area contributed by atoms with Gasteiger partial charge in [-0.2, -0.15) is 5.10 Å². The summed E-state index contributed by atoms with van der Waals surface area (Å²) in [5, 5.41) is 7.80. The number of hydrogen-bond donors (Lipinski definition) is 1. The summed E-state index contributed by atoms with van der Waals surface area (Å²) in [7, 11) is 0. The van der Waals surface area contributed by atoms with E-state index < -0.39 is 0 Å². The highest BCUT2D eigenvalue weighted by molar-refractivity contribution is 7.16. The fourth-order valence-electron chi connectivity index (χ4n) is 3.38. The summed E-state index contributed by atoms with van der Waals surface area (Å²) in [5.74, 6) is 0.389. The number of aromatic nitrogens is 2. The van der Waals surface area contributed by atoms with Crippen molar-refractivity contribution in [1.82, 2.24) is 15.1 Å². The number of piperidine rings is 1. The second-order valence-corrected chi connectivity index (χ2v) is 8.34. The number of carbonyl (C=O) groups is 1. The third kappa shape index (κ3) is 4.48. The molecule has 1 fully saturated rings. The third-order valence-corrected chi connectivity index (χ3v) is 6.15. The average Bonchev–Trinajstić information content (AvgIpc) is 3.23. The second-order valence-electron chi connectivity index (χ2n) is 6.55. The van der Waals surface area contributed by atoms with Gasteiger partial charge in [0.2, 0.25) is 0 Å². The van der Waals surface area contributed by atoms with Crippen molar-refractivity contribution in [1.29, 1.82) is 0 Å². The maximum Gasteiger partial charge on any atom is 0.410 e. The number of amides is 1. The molecular weight excluding hydrogens is 370 g/mol. The van der Waals surface area contributed by atoms with Crippen molar-refractivity contribution in [3.05, 3.63) is 51.0 Å². The zero-order chi connectivity index (χ0) is 18.5. The first-order valence-electron chi connectivity index (χ1n) is 8.89. The number of rotatable bonds is 6. The minimum absolute atomic E-state index is 0.252. The van der Waals surface area contributed by atoms with Crippen LogP contribution in [0.2, 0.25) is 4.34 Å². The number of halogens is 1. The smallest absolute Gasteiger partial charge is 0.410 e. The molecule has 0 unspecified atom stereocenters. The maximum absolute atomic E-state index is 11.9. The summed E-state index contributed by atoms with van der Waals surface area (Å²) in [6, 6.07) is 4.03. The van der Waals surface area contributed by atoms with Crippen LogP contribution in [-0.2, 0) is 17.6 Å². The fourth-order valence-corrected chi connectivity index (χ4v) is 4.47. The van der Waals surface area contributed by atoms with E-state index in [9.17, 15) is 4.79 Å². The first kappa shape index (κ1) is 19.0. The number of thiophene rings is 1. The van der Waals surface area contributed by atoms with Gasteiger partial charge in [0.25, 0.3) is 0 Å². The molecule has 1 aliphatic rings. The number of carbonyl (C=O) groups excluding carboxylic acids is 1. The highest BCUT2D eigenvalue weighted by Crippen LogP contribution is 2.31. The van der Waals surface area contributed by atoms with Crippen molar-refractivity contribution >= 4 is 29.0 Å². The van der Waals surface area contributed by atoms with Crippen molar-refractivity contribution in [2.75, 3.05) is 19.7 Å². The van der Waals surface area contributed by atoms with Gasteiger partial charge in [-0.3, -0.25) is 5.10 Å². The predicted octanol–water partition coefficient (Wildman–Crippen LogP) is 4.72. The Kier molecular flexibility index (Phi) is 6.38. The van der Waals surface area contributed by atoms with E-state index in [2.05, 4.69) is 29.8 Å². The topological polar surface area (TPSA) is 58.2 Å². The highest BCUT2D eigenvalue weighted by atomic mass is 35.5. The molecule has 0 bridgehead atoms. The Bertz CT molecular complexity index is 763. The minimum atomic E-state index is -0.252. The number of nitrogens with zero attached hydrogens (tertiary/aromatic N) is 2. The molecule has 3 rings (SSSR count). The summed E-state index contributed by atoms with van der Waals surface area (Å²) in [6.45, 7) is 7.37. The van der Waals surface area contributed by atoms with Crippen LogP contribution in [-0.4, -0.2) is 40.9 Å². The van der Waals surface area contributed by atoms with Gasteiger partial charge in [-0.1, -0.05) is 24.3 Å². The molecule has 2 aromatic heterocycles. The van der Waals surface area contributed by atoms with Crippen LogP contribution in [0.3, 0.4) is 0 Å².